The molecule has 0 unspecified atom stereocenters. The Hall–Kier alpha value is -3.96. The molecule has 0 aliphatic heterocycles. The summed E-state index contributed by atoms with van der Waals surface area (Å²) in [5.74, 6) is 0.419. The fourth-order valence-electron chi connectivity index (χ4n) is 3.29. The third kappa shape index (κ3) is 7.52. The fraction of sp³-hybridized carbons (Fsp3) is 0.280. The van der Waals surface area contributed by atoms with Crippen LogP contribution in [0, 0.1) is 10.1 Å². The third-order valence-electron chi connectivity index (χ3n) is 4.96. The van der Waals surface area contributed by atoms with Crippen molar-refractivity contribution in [2.75, 3.05) is 23.7 Å². The summed E-state index contributed by atoms with van der Waals surface area (Å²) in [5, 5.41) is 21.1. The molecule has 0 saturated carbocycles. The number of benzene rings is 2. The van der Waals surface area contributed by atoms with Crippen LogP contribution >= 0.6 is 11.3 Å². The molecule has 2 heterocycles. The quantitative estimate of drug-likeness (QED) is 0.150. The van der Waals surface area contributed by atoms with Gasteiger partial charge in [-0.1, -0.05) is 67.6 Å². The SMILES string of the molecule is CC.O=C(CCNCCc1nc2c(NCc3ccccc3)ncnc2s1)Nc1ccccc1[N+](=O)[O-]. The zero-order chi connectivity index (χ0) is 25.8. The average Bonchev–Trinajstić information content (AvgIpc) is 3.33. The van der Waals surface area contributed by atoms with E-state index < -0.39 is 4.92 Å². The van der Waals surface area contributed by atoms with Crippen molar-refractivity contribution in [1.82, 2.24) is 20.3 Å². The van der Waals surface area contributed by atoms with Gasteiger partial charge in [-0.15, -0.1) is 0 Å². The first-order valence-corrected chi connectivity index (χ1v) is 12.5. The number of anilines is 2. The Morgan fingerprint density at radius 3 is 2.56 bits per heavy atom. The number of rotatable bonds is 11. The molecule has 4 rings (SSSR count). The summed E-state index contributed by atoms with van der Waals surface area (Å²) in [6.07, 6.45) is 2.42. The lowest BCUT2D eigenvalue weighted by Gasteiger charge is -2.06. The summed E-state index contributed by atoms with van der Waals surface area (Å²) < 4.78 is 0. The Bertz CT molecular complexity index is 1280. The van der Waals surface area contributed by atoms with Crippen molar-refractivity contribution in [3.63, 3.8) is 0 Å². The van der Waals surface area contributed by atoms with Crippen molar-refractivity contribution in [1.29, 1.82) is 0 Å². The van der Waals surface area contributed by atoms with E-state index in [1.165, 1.54) is 29.8 Å². The first-order chi connectivity index (χ1) is 17.6. The molecule has 188 valence electrons. The lowest BCUT2D eigenvalue weighted by Crippen LogP contribution is -2.23. The van der Waals surface area contributed by atoms with Gasteiger partial charge in [-0.25, -0.2) is 15.0 Å². The smallest absolute Gasteiger partial charge is 0.292 e. The van der Waals surface area contributed by atoms with Crippen LogP contribution in [0.5, 0.6) is 0 Å². The van der Waals surface area contributed by atoms with Crippen LogP contribution in [0.1, 0.15) is 30.8 Å². The number of aromatic nitrogens is 3. The van der Waals surface area contributed by atoms with Gasteiger partial charge in [-0.05, 0) is 11.6 Å². The molecule has 0 bridgehead atoms. The summed E-state index contributed by atoms with van der Waals surface area (Å²) in [6.45, 7) is 5.73. The molecule has 11 heteroatoms. The predicted molar refractivity (Wildman–Crippen MR) is 143 cm³/mol. The molecular formula is C25H29N7O3S. The minimum absolute atomic E-state index is 0.125. The highest BCUT2D eigenvalue weighted by molar-refractivity contribution is 7.18. The minimum atomic E-state index is -0.515. The molecule has 2 aromatic carbocycles. The number of nitrogens with one attached hydrogen (secondary N) is 3. The second kappa shape index (κ2) is 13.8. The van der Waals surface area contributed by atoms with Crippen LogP contribution in [0.25, 0.3) is 10.3 Å². The molecule has 0 radical (unpaired) electrons. The normalized spacial score (nSPS) is 10.4. The molecule has 0 atom stereocenters. The van der Waals surface area contributed by atoms with Crippen LogP contribution in [0.3, 0.4) is 0 Å². The molecule has 0 saturated heterocycles. The maximum atomic E-state index is 12.1. The van der Waals surface area contributed by atoms with Gasteiger partial charge in [0.15, 0.2) is 5.82 Å². The number of amides is 1. The van der Waals surface area contributed by atoms with E-state index in [9.17, 15) is 14.9 Å². The number of thiazole rings is 1. The van der Waals surface area contributed by atoms with E-state index in [1.54, 1.807) is 12.1 Å². The lowest BCUT2D eigenvalue weighted by atomic mass is 10.2. The van der Waals surface area contributed by atoms with Crippen LogP contribution < -0.4 is 16.0 Å². The van der Waals surface area contributed by atoms with Gasteiger partial charge < -0.3 is 16.0 Å². The number of para-hydroxylation sites is 2. The van der Waals surface area contributed by atoms with E-state index >= 15 is 0 Å². The van der Waals surface area contributed by atoms with E-state index in [0.29, 0.717) is 31.9 Å². The van der Waals surface area contributed by atoms with Gasteiger partial charge in [0, 0.05) is 38.5 Å². The number of nitrogens with zero attached hydrogens (tertiary/aromatic N) is 4. The van der Waals surface area contributed by atoms with E-state index in [2.05, 4.69) is 30.9 Å². The van der Waals surface area contributed by atoms with Crippen LogP contribution in [0.15, 0.2) is 60.9 Å². The first-order valence-electron chi connectivity index (χ1n) is 11.7. The topological polar surface area (TPSA) is 135 Å². The molecule has 0 aliphatic rings. The van der Waals surface area contributed by atoms with E-state index in [-0.39, 0.29) is 23.7 Å². The minimum Gasteiger partial charge on any atom is -0.364 e. The monoisotopic (exact) mass is 507 g/mol. The largest absolute Gasteiger partial charge is 0.364 e. The van der Waals surface area contributed by atoms with Crippen molar-refractivity contribution >= 4 is 44.8 Å². The van der Waals surface area contributed by atoms with Crippen molar-refractivity contribution in [3.8, 4) is 0 Å². The highest BCUT2D eigenvalue weighted by Gasteiger charge is 2.14. The number of carbonyl (C=O) groups is 1. The zero-order valence-corrected chi connectivity index (χ0v) is 21.0. The fourth-order valence-corrected chi connectivity index (χ4v) is 4.19. The predicted octanol–water partition coefficient (Wildman–Crippen LogP) is 4.79. The van der Waals surface area contributed by atoms with Gasteiger partial charge >= 0.3 is 0 Å². The van der Waals surface area contributed by atoms with Crippen LogP contribution in [-0.4, -0.2) is 38.9 Å². The van der Waals surface area contributed by atoms with Crippen LogP contribution in [0.2, 0.25) is 0 Å². The molecular weight excluding hydrogens is 478 g/mol. The number of fused-ring (bicyclic) bond motifs is 1. The Balaban J connectivity index is 0.00000176. The summed E-state index contributed by atoms with van der Waals surface area (Å²) in [4.78, 5) is 36.8. The van der Waals surface area contributed by atoms with Crippen molar-refractivity contribution in [3.05, 3.63) is 81.6 Å². The third-order valence-corrected chi connectivity index (χ3v) is 5.98. The Morgan fingerprint density at radius 1 is 1.03 bits per heavy atom. The molecule has 0 spiro atoms. The van der Waals surface area contributed by atoms with Gasteiger partial charge in [0.2, 0.25) is 5.91 Å². The van der Waals surface area contributed by atoms with Crippen molar-refractivity contribution in [2.45, 2.75) is 33.2 Å². The van der Waals surface area contributed by atoms with Gasteiger partial charge in [-0.2, -0.15) is 0 Å². The summed E-state index contributed by atoms with van der Waals surface area (Å²) in [7, 11) is 0. The van der Waals surface area contributed by atoms with Crippen LogP contribution in [0.4, 0.5) is 17.2 Å². The summed E-state index contributed by atoms with van der Waals surface area (Å²) in [6, 6.07) is 16.1. The lowest BCUT2D eigenvalue weighted by molar-refractivity contribution is -0.383. The standard InChI is InChI=1S/C23H23N7O3S.C2H6/c31-19(28-17-8-4-5-9-18(17)30(32)33)10-12-24-13-11-20-29-21-22(26-15-27-23(21)34-20)25-14-16-6-2-1-3-7-16;1-2/h1-9,15,24H,10-14H2,(H,28,31)(H,25,26,27);1-2H3. The maximum absolute atomic E-state index is 12.1. The van der Waals surface area contributed by atoms with Gasteiger partial charge in [0.05, 0.1) is 9.93 Å². The molecule has 2 aromatic heterocycles. The van der Waals surface area contributed by atoms with E-state index in [4.69, 9.17) is 0 Å². The molecule has 0 fully saturated rings. The zero-order valence-electron chi connectivity index (χ0n) is 20.2. The molecule has 10 nitrogen and oxygen atoms in total. The second-order valence-electron chi connectivity index (χ2n) is 7.40. The van der Waals surface area contributed by atoms with E-state index in [1.807, 2.05) is 44.2 Å². The van der Waals surface area contributed by atoms with Gasteiger partial charge in [0.25, 0.3) is 5.69 Å². The summed E-state index contributed by atoms with van der Waals surface area (Å²) in [5.41, 5.74) is 1.98. The number of hydrogen-bond donors (Lipinski definition) is 3. The number of nitro benzene ring substituents is 1. The number of carbonyl (C=O) groups excluding carboxylic acids is 1. The highest BCUT2D eigenvalue weighted by Crippen LogP contribution is 2.25. The Labute approximate surface area is 213 Å². The van der Waals surface area contributed by atoms with Gasteiger partial charge in [0.1, 0.15) is 22.4 Å². The second-order valence-corrected chi connectivity index (χ2v) is 8.46. The van der Waals surface area contributed by atoms with Crippen molar-refractivity contribution in [2.24, 2.45) is 0 Å². The highest BCUT2D eigenvalue weighted by atomic mass is 32.1. The van der Waals surface area contributed by atoms with Crippen LogP contribution in [-0.2, 0) is 17.8 Å². The molecule has 1 amide bonds. The van der Waals surface area contributed by atoms with Crippen molar-refractivity contribution < 1.29 is 9.72 Å². The Morgan fingerprint density at radius 2 is 1.78 bits per heavy atom. The molecule has 4 aromatic rings. The molecule has 3 N–H and O–H groups in total. The molecule has 0 aliphatic carbocycles. The number of hydrogen-bond acceptors (Lipinski definition) is 9. The molecule has 36 heavy (non-hydrogen) atoms. The summed E-state index contributed by atoms with van der Waals surface area (Å²) >= 11 is 1.52. The average molecular weight is 508 g/mol. The first kappa shape index (κ1) is 26.6. The maximum Gasteiger partial charge on any atom is 0.292 e. The van der Waals surface area contributed by atoms with E-state index in [0.717, 1.165) is 20.9 Å². The van der Waals surface area contributed by atoms with Gasteiger partial charge in [-0.3, -0.25) is 14.9 Å². The Kier molecular flexibility index (Phi) is 10.2. The number of nitro groups is 1.